The first-order valence-electron chi connectivity index (χ1n) is 15.4. The zero-order chi connectivity index (χ0) is 29.7. The van der Waals surface area contributed by atoms with E-state index in [0.717, 1.165) is 25.7 Å². The number of carbonyl (C=O) groups excluding carboxylic acids is 3. The van der Waals surface area contributed by atoms with Crippen LogP contribution < -0.4 is 0 Å². The summed E-state index contributed by atoms with van der Waals surface area (Å²) in [7, 11) is 0. The Bertz CT molecular complexity index is 936. The summed E-state index contributed by atoms with van der Waals surface area (Å²) in [6.45, 7) is 18.1. The van der Waals surface area contributed by atoms with E-state index >= 15 is 0 Å². The molecule has 0 aromatic rings. The molecule has 3 aliphatic rings. The minimum atomic E-state index is -1.13. The van der Waals surface area contributed by atoms with Crippen LogP contribution in [0.1, 0.15) is 92.4 Å². The molecule has 8 heteroatoms. The van der Waals surface area contributed by atoms with Crippen LogP contribution in [0.3, 0.4) is 0 Å². The molecule has 3 unspecified atom stereocenters. The van der Waals surface area contributed by atoms with Crippen molar-refractivity contribution in [1.29, 1.82) is 0 Å². The molecule has 3 rings (SSSR count). The van der Waals surface area contributed by atoms with Crippen LogP contribution in [0, 0.1) is 17.8 Å². The Morgan fingerprint density at radius 3 is 2.50 bits per heavy atom. The van der Waals surface area contributed by atoms with E-state index in [-0.39, 0.29) is 37.0 Å². The quantitative estimate of drug-likeness (QED) is 0.158. The number of esters is 1. The summed E-state index contributed by atoms with van der Waals surface area (Å²) >= 11 is 0. The molecular formula is C32H52N2O6. The lowest BCUT2D eigenvalue weighted by atomic mass is 9.65. The third-order valence-corrected chi connectivity index (χ3v) is 9.35. The van der Waals surface area contributed by atoms with Gasteiger partial charge in [-0.25, -0.2) is 0 Å². The Morgan fingerprint density at radius 1 is 1.20 bits per heavy atom. The van der Waals surface area contributed by atoms with Gasteiger partial charge in [0.2, 0.25) is 11.8 Å². The monoisotopic (exact) mass is 560 g/mol. The predicted molar refractivity (Wildman–Crippen MR) is 155 cm³/mol. The van der Waals surface area contributed by atoms with Crippen molar-refractivity contribution < 1.29 is 29.0 Å². The van der Waals surface area contributed by atoms with Gasteiger partial charge in [-0.2, -0.15) is 0 Å². The maximum atomic E-state index is 14.6. The lowest BCUT2D eigenvalue weighted by Gasteiger charge is -2.41. The second kappa shape index (κ2) is 13.6. The molecule has 1 spiro atoms. The van der Waals surface area contributed by atoms with E-state index in [2.05, 4.69) is 20.1 Å². The van der Waals surface area contributed by atoms with Crippen molar-refractivity contribution in [2.45, 2.75) is 122 Å². The molecule has 1 N–H and O–H groups in total. The molecule has 7 atom stereocenters. The van der Waals surface area contributed by atoms with E-state index in [4.69, 9.17) is 9.47 Å². The number of rotatable bonds is 17. The summed E-state index contributed by atoms with van der Waals surface area (Å²) in [5, 5.41) is 10.5. The summed E-state index contributed by atoms with van der Waals surface area (Å²) in [5.41, 5.74) is -1.97. The summed E-state index contributed by atoms with van der Waals surface area (Å²) in [6, 6.07) is -1.53. The Morgan fingerprint density at radius 2 is 1.93 bits per heavy atom. The molecule has 40 heavy (non-hydrogen) atoms. The van der Waals surface area contributed by atoms with Crippen molar-refractivity contribution in [1.82, 2.24) is 9.80 Å². The molecule has 3 aliphatic heterocycles. The first kappa shape index (κ1) is 32.3. The van der Waals surface area contributed by atoms with Crippen molar-refractivity contribution in [3.8, 4) is 0 Å². The number of likely N-dealkylation sites (tertiary alicyclic amines) is 1. The minimum Gasteiger partial charge on any atom is -0.465 e. The van der Waals surface area contributed by atoms with Gasteiger partial charge in [0.05, 0.1) is 30.8 Å². The van der Waals surface area contributed by atoms with Crippen LogP contribution in [-0.2, 0) is 23.9 Å². The summed E-state index contributed by atoms with van der Waals surface area (Å²) < 4.78 is 12.6. The Hall–Kier alpha value is -2.19. The van der Waals surface area contributed by atoms with Crippen LogP contribution in [0.2, 0.25) is 0 Å². The van der Waals surface area contributed by atoms with Crippen LogP contribution in [0.5, 0.6) is 0 Å². The number of unbranched alkanes of at least 4 members (excludes halogenated alkanes) is 2. The molecule has 0 saturated carbocycles. The number of carbonyl (C=O) groups is 3. The van der Waals surface area contributed by atoms with Gasteiger partial charge >= 0.3 is 5.97 Å². The number of amides is 2. The molecule has 2 amide bonds. The Balaban J connectivity index is 2.07. The van der Waals surface area contributed by atoms with Gasteiger partial charge < -0.3 is 24.4 Å². The summed E-state index contributed by atoms with van der Waals surface area (Å²) in [4.78, 5) is 46.1. The van der Waals surface area contributed by atoms with Crippen molar-refractivity contribution in [2.24, 2.45) is 17.8 Å². The second-order valence-corrected chi connectivity index (χ2v) is 12.4. The number of allylic oxidation sites excluding steroid dienone is 1. The van der Waals surface area contributed by atoms with Crippen LogP contribution in [0.15, 0.2) is 25.3 Å². The first-order valence-corrected chi connectivity index (χ1v) is 15.4. The van der Waals surface area contributed by atoms with Crippen LogP contribution in [0.4, 0.5) is 0 Å². The highest BCUT2D eigenvalue weighted by Gasteiger charge is 2.79. The van der Waals surface area contributed by atoms with Crippen LogP contribution in [0.25, 0.3) is 0 Å². The van der Waals surface area contributed by atoms with E-state index in [1.807, 2.05) is 33.8 Å². The summed E-state index contributed by atoms with van der Waals surface area (Å²) in [6.07, 6.45) is 9.90. The minimum absolute atomic E-state index is 0.0596. The smallest absolute Gasteiger partial charge is 0.312 e. The fourth-order valence-corrected chi connectivity index (χ4v) is 7.52. The molecule has 2 bridgehead atoms. The maximum Gasteiger partial charge on any atom is 0.312 e. The van der Waals surface area contributed by atoms with Gasteiger partial charge in [-0.1, -0.05) is 46.3 Å². The molecule has 3 heterocycles. The molecule has 0 aromatic heterocycles. The van der Waals surface area contributed by atoms with Gasteiger partial charge in [-0.05, 0) is 64.2 Å². The highest BCUT2D eigenvalue weighted by molar-refractivity contribution is 5.99. The number of aliphatic hydroxyl groups is 1. The standard InChI is InChI=1S/C32H52N2O6/c1-8-12-13-14-19-39-30(38)26-25-28(36)34(24(21-35)20-22(5)6)27(32(25)17-16-31(26,11-4)40-32)29(37)33(18-10-3)23(7)15-9-2/h8,10,22-27,35H,1,3,9,11-21H2,2,4-7H3/t23?,24-,25+,26+,27?,31-,32?/m1/s1. The van der Waals surface area contributed by atoms with Gasteiger partial charge in [0.1, 0.15) is 17.6 Å². The fourth-order valence-electron chi connectivity index (χ4n) is 7.52. The topological polar surface area (TPSA) is 96.4 Å². The van der Waals surface area contributed by atoms with E-state index in [0.29, 0.717) is 38.6 Å². The van der Waals surface area contributed by atoms with E-state index in [1.165, 1.54) is 0 Å². The van der Waals surface area contributed by atoms with E-state index in [9.17, 15) is 19.5 Å². The summed E-state index contributed by atoms with van der Waals surface area (Å²) in [5.74, 6) is -2.29. The normalized spacial score (nSPS) is 30.3. The zero-order valence-electron chi connectivity index (χ0n) is 25.4. The van der Waals surface area contributed by atoms with Gasteiger partial charge in [0.15, 0.2) is 0 Å². The van der Waals surface area contributed by atoms with Crippen molar-refractivity contribution in [3.63, 3.8) is 0 Å². The molecule has 226 valence electrons. The number of fused-ring (bicyclic) bond motifs is 1. The van der Waals surface area contributed by atoms with Crippen molar-refractivity contribution in [2.75, 3.05) is 19.8 Å². The third kappa shape index (κ3) is 5.76. The Kier molecular flexibility index (Phi) is 11.0. The molecule has 0 aliphatic carbocycles. The van der Waals surface area contributed by atoms with E-state index < -0.39 is 41.1 Å². The number of hydrogen-bond donors (Lipinski definition) is 1. The largest absolute Gasteiger partial charge is 0.465 e. The van der Waals surface area contributed by atoms with Crippen LogP contribution in [-0.4, -0.2) is 81.8 Å². The van der Waals surface area contributed by atoms with Gasteiger partial charge in [-0.3, -0.25) is 14.4 Å². The molecule has 0 aromatic carbocycles. The number of nitrogens with zero attached hydrogens (tertiary/aromatic N) is 2. The van der Waals surface area contributed by atoms with Crippen molar-refractivity contribution in [3.05, 3.63) is 25.3 Å². The zero-order valence-corrected chi connectivity index (χ0v) is 25.4. The van der Waals surface area contributed by atoms with Gasteiger partial charge in [0.25, 0.3) is 0 Å². The molecule has 3 fully saturated rings. The average molecular weight is 561 g/mol. The number of ether oxygens (including phenoxy) is 2. The first-order chi connectivity index (χ1) is 19.1. The van der Waals surface area contributed by atoms with Crippen molar-refractivity contribution >= 4 is 17.8 Å². The lowest BCUT2D eigenvalue weighted by Crippen LogP contribution is -2.60. The van der Waals surface area contributed by atoms with Crippen LogP contribution >= 0.6 is 0 Å². The lowest BCUT2D eigenvalue weighted by molar-refractivity contribution is -0.164. The SMILES string of the molecule is C=CCCCCOC(=O)[C@@H]1[C@H]2C(=O)N([C@@H](CO)CC(C)C)C(C(=O)N(CC=C)C(C)CCC)C23CC[C@@]1(CC)O3. The third-order valence-electron chi connectivity index (χ3n) is 9.35. The van der Waals surface area contributed by atoms with Gasteiger partial charge in [-0.15, -0.1) is 13.2 Å². The molecular weight excluding hydrogens is 508 g/mol. The Labute approximate surface area is 241 Å². The average Bonchev–Trinajstić information content (AvgIpc) is 3.53. The number of hydrogen-bond acceptors (Lipinski definition) is 6. The van der Waals surface area contributed by atoms with Gasteiger partial charge in [0, 0.05) is 12.6 Å². The van der Waals surface area contributed by atoms with E-state index in [1.54, 1.807) is 15.9 Å². The molecule has 0 radical (unpaired) electrons. The molecule has 8 nitrogen and oxygen atoms in total. The maximum absolute atomic E-state index is 14.6. The number of aliphatic hydroxyl groups excluding tert-OH is 1. The highest BCUT2D eigenvalue weighted by atomic mass is 16.6. The fraction of sp³-hybridized carbons (Fsp3) is 0.781. The second-order valence-electron chi connectivity index (χ2n) is 12.4. The predicted octanol–water partition coefficient (Wildman–Crippen LogP) is 4.65. The highest BCUT2D eigenvalue weighted by Crippen LogP contribution is 2.65. The molecule has 3 saturated heterocycles.